The number of primary amides is 1. The van der Waals surface area contributed by atoms with Crippen molar-refractivity contribution < 1.29 is 23.9 Å². The molecule has 0 unspecified atom stereocenters. The Morgan fingerprint density at radius 3 is 1.92 bits per heavy atom. The van der Waals surface area contributed by atoms with Gasteiger partial charge in [0.05, 0.1) is 0 Å². The van der Waals surface area contributed by atoms with E-state index in [1.807, 2.05) is 0 Å². The number of guanidine groups is 1. The molecule has 1 saturated heterocycles. The fraction of sp³-hybridized carbons (Fsp3) is 0.765. The van der Waals surface area contributed by atoms with Gasteiger partial charge in [0, 0.05) is 19.0 Å². The lowest BCUT2D eigenvalue weighted by Gasteiger charge is -2.33. The van der Waals surface area contributed by atoms with Crippen molar-refractivity contribution in [2.75, 3.05) is 13.1 Å². The highest BCUT2D eigenvalue weighted by Crippen LogP contribution is 2.17. The van der Waals surface area contributed by atoms with E-state index in [1.165, 1.54) is 0 Å². The van der Waals surface area contributed by atoms with Crippen LogP contribution in [-0.2, 0) is 14.3 Å². The summed E-state index contributed by atoms with van der Waals surface area (Å²) in [7, 11) is 0. The van der Waals surface area contributed by atoms with Crippen molar-refractivity contribution in [3.05, 3.63) is 0 Å². The minimum atomic E-state index is -0.819. The first kappa shape index (κ1) is 21.7. The fourth-order valence-electron chi connectivity index (χ4n) is 2.32. The molecule has 0 atom stereocenters. The van der Waals surface area contributed by atoms with Gasteiger partial charge in [-0.15, -0.1) is 4.99 Å². The van der Waals surface area contributed by atoms with Gasteiger partial charge >= 0.3 is 12.2 Å². The summed E-state index contributed by atoms with van der Waals surface area (Å²) in [5, 5.41) is 2.50. The molecule has 9 nitrogen and oxygen atoms in total. The third-order valence-corrected chi connectivity index (χ3v) is 3.40. The molecule has 0 radical (unpaired) electrons. The Bertz CT molecular complexity index is 567. The summed E-state index contributed by atoms with van der Waals surface area (Å²) in [6.45, 7) is 11.2. The minimum absolute atomic E-state index is 0.0384. The van der Waals surface area contributed by atoms with E-state index in [2.05, 4.69) is 10.3 Å². The van der Waals surface area contributed by atoms with Crippen molar-refractivity contribution in [1.82, 2.24) is 10.2 Å². The van der Waals surface area contributed by atoms with Crippen LogP contribution < -0.4 is 11.1 Å². The number of nitrogens with one attached hydrogen (secondary N) is 1. The maximum Gasteiger partial charge on any atom is 0.437 e. The molecular formula is C17H30N4O5. The molecule has 9 heteroatoms. The van der Waals surface area contributed by atoms with Gasteiger partial charge in [-0.05, 0) is 54.4 Å². The van der Waals surface area contributed by atoms with Gasteiger partial charge in [0.25, 0.3) is 0 Å². The summed E-state index contributed by atoms with van der Waals surface area (Å²) in [5.41, 5.74) is 3.93. The number of hydrogen-bond acceptors (Lipinski definition) is 5. The molecule has 0 aliphatic carbocycles. The predicted molar refractivity (Wildman–Crippen MR) is 96.5 cm³/mol. The number of carbonyl (C=O) groups excluding carboxylic acids is 3. The second-order valence-electron chi connectivity index (χ2n) is 8.21. The summed E-state index contributed by atoms with van der Waals surface area (Å²) in [6, 6.07) is 0. The molecule has 3 amide bonds. The first-order valence-electron chi connectivity index (χ1n) is 8.63. The Labute approximate surface area is 154 Å². The van der Waals surface area contributed by atoms with Gasteiger partial charge in [-0.2, -0.15) is 0 Å². The Morgan fingerprint density at radius 1 is 1.00 bits per heavy atom. The molecule has 1 heterocycles. The van der Waals surface area contributed by atoms with Crippen molar-refractivity contribution in [3.63, 3.8) is 0 Å². The zero-order chi connectivity index (χ0) is 20.1. The number of hydrogen-bond donors (Lipinski definition) is 2. The van der Waals surface area contributed by atoms with E-state index < -0.39 is 23.4 Å². The first-order valence-corrected chi connectivity index (χ1v) is 8.63. The van der Waals surface area contributed by atoms with Crippen LogP contribution in [-0.4, -0.2) is 53.2 Å². The van der Waals surface area contributed by atoms with Gasteiger partial charge in [-0.3, -0.25) is 10.1 Å². The van der Waals surface area contributed by atoms with E-state index >= 15 is 0 Å². The molecule has 148 valence electrons. The summed E-state index contributed by atoms with van der Waals surface area (Å²) >= 11 is 0. The van der Waals surface area contributed by atoms with E-state index in [4.69, 9.17) is 15.2 Å². The van der Waals surface area contributed by atoms with Crippen molar-refractivity contribution in [2.45, 2.75) is 65.6 Å². The second-order valence-corrected chi connectivity index (χ2v) is 8.21. The number of ether oxygens (including phenoxy) is 2. The number of carbonyl (C=O) groups is 3. The third kappa shape index (κ3) is 8.17. The molecular weight excluding hydrogens is 340 g/mol. The van der Waals surface area contributed by atoms with E-state index in [0.717, 1.165) is 0 Å². The Balaban J connectivity index is 2.90. The molecule has 0 aromatic heterocycles. The zero-order valence-corrected chi connectivity index (χ0v) is 16.4. The quantitative estimate of drug-likeness (QED) is 0.537. The first-order chi connectivity index (χ1) is 11.8. The average Bonchev–Trinajstić information content (AvgIpc) is 2.42. The molecule has 1 aliphatic heterocycles. The fourth-order valence-corrected chi connectivity index (χ4v) is 2.32. The lowest BCUT2D eigenvalue weighted by molar-refractivity contribution is -0.122. The van der Waals surface area contributed by atoms with Gasteiger partial charge in [-0.1, -0.05) is 0 Å². The maximum absolute atomic E-state index is 12.1. The smallest absolute Gasteiger partial charge is 0.437 e. The third-order valence-electron chi connectivity index (χ3n) is 3.40. The van der Waals surface area contributed by atoms with Crippen LogP contribution in [0.15, 0.2) is 4.99 Å². The van der Waals surface area contributed by atoms with Crippen LogP contribution in [0.3, 0.4) is 0 Å². The van der Waals surface area contributed by atoms with Gasteiger partial charge in [0.15, 0.2) is 0 Å². The lowest BCUT2D eigenvalue weighted by atomic mass is 9.96. The molecule has 26 heavy (non-hydrogen) atoms. The number of rotatable bonds is 1. The molecule has 0 aromatic carbocycles. The highest BCUT2D eigenvalue weighted by atomic mass is 16.6. The molecule has 3 N–H and O–H groups in total. The summed E-state index contributed by atoms with van der Waals surface area (Å²) < 4.78 is 10.4. The lowest BCUT2D eigenvalue weighted by Crippen LogP contribution is -2.50. The Kier molecular flexibility index (Phi) is 7.00. The standard InChI is InChI=1S/C17H30N4O5/c1-16(2,3)25-14(23)19-13(20-15(24)26-17(4,5)6)21-9-7-11(8-10-21)12(18)22/h11H,7-10H2,1-6H3,(H2,18,22)(H,19,20,23,24). The van der Waals surface area contributed by atoms with E-state index in [-0.39, 0.29) is 17.8 Å². The largest absolute Gasteiger partial charge is 0.444 e. The molecule has 0 spiro atoms. The van der Waals surface area contributed by atoms with Crippen LogP contribution in [0, 0.1) is 5.92 Å². The normalized spacial score (nSPS) is 16.8. The van der Waals surface area contributed by atoms with Crippen LogP contribution in [0.1, 0.15) is 54.4 Å². The van der Waals surface area contributed by atoms with Crippen LogP contribution in [0.5, 0.6) is 0 Å². The zero-order valence-electron chi connectivity index (χ0n) is 16.4. The topological polar surface area (TPSA) is 123 Å². The summed E-state index contributed by atoms with van der Waals surface area (Å²) in [6.07, 6.45) is -0.519. The van der Waals surface area contributed by atoms with Crippen molar-refractivity contribution in [3.8, 4) is 0 Å². The SMILES string of the molecule is CC(C)(C)OC(=O)/N=C(/NC(=O)OC(C)(C)C)N1CCC(C(N)=O)CC1. The summed E-state index contributed by atoms with van der Waals surface area (Å²) in [5.74, 6) is -0.539. The number of likely N-dealkylation sites (tertiary alicyclic amines) is 1. The minimum Gasteiger partial charge on any atom is -0.444 e. The van der Waals surface area contributed by atoms with Gasteiger partial charge in [-0.25, -0.2) is 9.59 Å². The molecule has 1 fully saturated rings. The monoisotopic (exact) mass is 370 g/mol. The Morgan fingerprint density at radius 2 is 1.50 bits per heavy atom. The molecule has 1 rings (SSSR count). The Hall–Kier alpha value is -2.32. The highest BCUT2D eigenvalue weighted by Gasteiger charge is 2.28. The van der Waals surface area contributed by atoms with Crippen LogP contribution in [0.2, 0.25) is 0 Å². The van der Waals surface area contributed by atoms with Crippen LogP contribution in [0.4, 0.5) is 9.59 Å². The number of nitrogens with zero attached hydrogens (tertiary/aromatic N) is 2. The van der Waals surface area contributed by atoms with Gasteiger partial charge in [0.1, 0.15) is 11.2 Å². The second kappa shape index (κ2) is 8.37. The van der Waals surface area contributed by atoms with E-state index in [0.29, 0.717) is 25.9 Å². The number of amides is 3. The van der Waals surface area contributed by atoms with Crippen molar-refractivity contribution in [2.24, 2.45) is 16.6 Å². The van der Waals surface area contributed by atoms with E-state index in [9.17, 15) is 14.4 Å². The number of nitrogens with two attached hydrogens (primary N) is 1. The highest BCUT2D eigenvalue weighted by molar-refractivity contribution is 5.99. The predicted octanol–water partition coefficient (Wildman–Crippen LogP) is 2.00. The molecule has 0 saturated carbocycles. The number of alkyl carbamates (subject to hydrolysis) is 1. The summed E-state index contributed by atoms with van der Waals surface area (Å²) in [4.78, 5) is 41.0. The van der Waals surface area contributed by atoms with Crippen molar-refractivity contribution in [1.29, 1.82) is 0 Å². The maximum atomic E-state index is 12.1. The molecule has 0 bridgehead atoms. The van der Waals surface area contributed by atoms with Gasteiger partial charge in [0.2, 0.25) is 11.9 Å². The van der Waals surface area contributed by atoms with Crippen LogP contribution in [0.25, 0.3) is 0 Å². The average molecular weight is 370 g/mol. The van der Waals surface area contributed by atoms with Crippen LogP contribution >= 0.6 is 0 Å². The molecule has 1 aliphatic rings. The molecule has 0 aromatic rings. The number of aliphatic imine (C=N–C) groups is 1. The van der Waals surface area contributed by atoms with Gasteiger partial charge < -0.3 is 20.1 Å². The van der Waals surface area contributed by atoms with E-state index in [1.54, 1.807) is 46.4 Å². The van der Waals surface area contributed by atoms with Crippen molar-refractivity contribution >= 4 is 24.1 Å². The number of piperidine rings is 1.